The van der Waals surface area contributed by atoms with Crippen LogP contribution >= 0.6 is 0 Å². The van der Waals surface area contributed by atoms with Crippen molar-refractivity contribution in [3.63, 3.8) is 0 Å². The van der Waals surface area contributed by atoms with Crippen LogP contribution in [0.4, 0.5) is 0 Å². The molecule has 0 atom stereocenters. The van der Waals surface area contributed by atoms with Gasteiger partial charge in [-0.2, -0.15) is 0 Å². The van der Waals surface area contributed by atoms with Crippen molar-refractivity contribution < 1.29 is 5.21 Å². The first kappa shape index (κ1) is 6.43. The molecule has 0 saturated carbocycles. The van der Waals surface area contributed by atoms with Crippen LogP contribution in [0.25, 0.3) is 0 Å². The van der Waals surface area contributed by atoms with E-state index in [9.17, 15) is 0 Å². The Morgan fingerprint density at radius 1 is 1.71 bits per heavy atom. The summed E-state index contributed by atoms with van der Waals surface area (Å²) >= 11 is 0. The normalized spacial score (nSPS) is 10.4. The summed E-state index contributed by atoms with van der Waals surface area (Å²) < 4.78 is 0. The summed E-state index contributed by atoms with van der Waals surface area (Å²) in [6.07, 6.45) is 3.10. The van der Waals surface area contributed by atoms with E-state index in [1.165, 1.54) is 6.21 Å². The molecule has 3 nitrogen and oxygen atoms in total. The van der Waals surface area contributed by atoms with Crippen molar-refractivity contribution in [1.29, 1.82) is 0 Å². The fourth-order valence-corrected chi connectivity index (χ4v) is 0.267. The lowest BCUT2D eigenvalue weighted by atomic mass is 10.3. The summed E-state index contributed by atoms with van der Waals surface area (Å²) in [5.74, 6) is 0. The monoisotopic (exact) mass is 102 g/mol. The third kappa shape index (κ3) is 5.43. The number of hydrogen-bond donors (Lipinski definition) is 2. The molecule has 0 rings (SSSR count). The van der Waals surface area contributed by atoms with Crippen LogP contribution in [0.3, 0.4) is 0 Å². The second-order valence-corrected chi connectivity index (χ2v) is 1.23. The Labute approximate surface area is 42.8 Å². The summed E-state index contributed by atoms with van der Waals surface area (Å²) in [7, 11) is 0. The van der Waals surface area contributed by atoms with Crippen molar-refractivity contribution in [3.8, 4) is 0 Å². The molecule has 0 saturated heterocycles. The topological polar surface area (TPSA) is 58.6 Å². The van der Waals surface area contributed by atoms with Crippen LogP contribution in [0.1, 0.15) is 12.8 Å². The van der Waals surface area contributed by atoms with Crippen molar-refractivity contribution in [2.45, 2.75) is 12.8 Å². The summed E-state index contributed by atoms with van der Waals surface area (Å²) in [5.41, 5.74) is 5.13. The number of nitrogens with zero attached hydrogens (tertiary/aromatic N) is 1. The molecule has 0 unspecified atom stereocenters. The number of unbranched alkanes of at least 4 members (excludes halogenated alkanes) is 1. The van der Waals surface area contributed by atoms with E-state index in [1.54, 1.807) is 0 Å². The molecular weight excluding hydrogens is 92.1 g/mol. The Hall–Kier alpha value is -0.570. The van der Waals surface area contributed by atoms with Gasteiger partial charge in [0.1, 0.15) is 0 Å². The summed E-state index contributed by atoms with van der Waals surface area (Å²) in [6, 6.07) is 0. The van der Waals surface area contributed by atoms with E-state index in [4.69, 9.17) is 10.9 Å². The Balaban J connectivity index is 2.69. The smallest absolute Gasteiger partial charge is 0.0436 e. The predicted molar refractivity (Wildman–Crippen MR) is 28.6 cm³/mol. The van der Waals surface area contributed by atoms with Crippen LogP contribution in [0, 0.1) is 0 Å². The summed E-state index contributed by atoms with van der Waals surface area (Å²) in [5, 5.41) is 10.6. The van der Waals surface area contributed by atoms with Crippen molar-refractivity contribution in [3.05, 3.63) is 0 Å². The van der Waals surface area contributed by atoms with Gasteiger partial charge < -0.3 is 10.9 Å². The molecule has 0 fully saturated rings. The first-order valence-electron chi connectivity index (χ1n) is 2.27. The zero-order valence-corrected chi connectivity index (χ0v) is 4.17. The number of rotatable bonds is 3. The highest BCUT2D eigenvalue weighted by molar-refractivity contribution is 5.55. The molecule has 0 aromatic carbocycles. The number of oxime groups is 1. The minimum absolute atomic E-state index is 0.659. The predicted octanol–water partition coefficient (Wildman–Crippen LogP) is 0.185. The highest BCUT2D eigenvalue weighted by atomic mass is 16.4. The molecule has 0 bridgehead atoms. The molecule has 7 heavy (non-hydrogen) atoms. The first-order chi connectivity index (χ1) is 3.41. The van der Waals surface area contributed by atoms with Gasteiger partial charge in [-0.05, 0) is 19.4 Å². The van der Waals surface area contributed by atoms with Crippen molar-refractivity contribution in [1.82, 2.24) is 0 Å². The molecule has 0 spiro atoms. The van der Waals surface area contributed by atoms with E-state index >= 15 is 0 Å². The second-order valence-electron chi connectivity index (χ2n) is 1.23. The van der Waals surface area contributed by atoms with Gasteiger partial charge in [-0.15, -0.1) is 5.16 Å². The quantitative estimate of drug-likeness (QED) is 0.231. The van der Waals surface area contributed by atoms with Crippen LogP contribution in [0.5, 0.6) is 0 Å². The van der Waals surface area contributed by atoms with E-state index < -0.39 is 0 Å². The van der Waals surface area contributed by atoms with E-state index in [0.29, 0.717) is 6.54 Å². The molecule has 42 valence electrons. The number of nitrogens with two attached hydrogens (primary N) is 1. The van der Waals surface area contributed by atoms with E-state index in [1.807, 2.05) is 0 Å². The molecule has 0 amide bonds. The number of hydrogen-bond acceptors (Lipinski definition) is 3. The van der Waals surface area contributed by atoms with Gasteiger partial charge in [0.2, 0.25) is 0 Å². The Morgan fingerprint density at radius 3 is 2.86 bits per heavy atom. The Morgan fingerprint density at radius 2 is 2.43 bits per heavy atom. The zero-order valence-electron chi connectivity index (χ0n) is 4.17. The van der Waals surface area contributed by atoms with Gasteiger partial charge in [0, 0.05) is 6.21 Å². The standard InChI is InChI=1S/C4H10N2O/c5-3-1-2-4-6-7/h4,7H,1-3,5H2. The summed E-state index contributed by atoms with van der Waals surface area (Å²) in [4.78, 5) is 0. The largest absolute Gasteiger partial charge is 0.411 e. The lowest BCUT2D eigenvalue weighted by molar-refractivity contribution is 0.320. The molecule has 0 heterocycles. The molecule has 0 radical (unpaired) electrons. The van der Waals surface area contributed by atoms with Gasteiger partial charge in [0.15, 0.2) is 0 Å². The molecule has 0 aliphatic heterocycles. The fraction of sp³-hybridized carbons (Fsp3) is 0.750. The average molecular weight is 102 g/mol. The molecule has 0 aromatic heterocycles. The Kier molecular flexibility index (Phi) is 4.99. The molecule has 0 aliphatic rings. The fourth-order valence-electron chi connectivity index (χ4n) is 0.267. The lowest BCUT2D eigenvalue weighted by Crippen LogP contribution is -1.97. The maximum atomic E-state index is 7.82. The Bertz CT molecular complexity index is 53.7. The SMILES string of the molecule is NCCCC=NO. The van der Waals surface area contributed by atoms with E-state index in [2.05, 4.69) is 5.16 Å². The zero-order chi connectivity index (χ0) is 5.54. The molecule has 0 aromatic rings. The molecule has 0 aliphatic carbocycles. The van der Waals surface area contributed by atoms with Gasteiger partial charge in [0.25, 0.3) is 0 Å². The third-order valence-electron chi connectivity index (χ3n) is 0.619. The minimum atomic E-state index is 0.659. The molecular formula is C4H10N2O. The van der Waals surface area contributed by atoms with Gasteiger partial charge in [-0.1, -0.05) is 0 Å². The van der Waals surface area contributed by atoms with Crippen molar-refractivity contribution >= 4 is 6.21 Å². The van der Waals surface area contributed by atoms with Crippen LogP contribution in [0.2, 0.25) is 0 Å². The van der Waals surface area contributed by atoms with E-state index in [-0.39, 0.29) is 0 Å². The maximum absolute atomic E-state index is 7.82. The summed E-state index contributed by atoms with van der Waals surface area (Å²) in [6.45, 7) is 0.659. The molecule has 3 heteroatoms. The van der Waals surface area contributed by atoms with Gasteiger partial charge in [-0.3, -0.25) is 0 Å². The van der Waals surface area contributed by atoms with Gasteiger partial charge >= 0.3 is 0 Å². The van der Waals surface area contributed by atoms with Crippen molar-refractivity contribution in [2.24, 2.45) is 10.9 Å². The molecule has 3 N–H and O–H groups in total. The highest BCUT2D eigenvalue weighted by Gasteiger charge is 1.75. The van der Waals surface area contributed by atoms with Crippen LogP contribution < -0.4 is 5.73 Å². The van der Waals surface area contributed by atoms with Crippen LogP contribution in [0.15, 0.2) is 5.16 Å². The van der Waals surface area contributed by atoms with Crippen LogP contribution in [-0.2, 0) is 0 Å². The average Bonchev–Trinajstić information content (AvgIpc) is 1.69. The maximum Gasteiger partial charge on any atom is 0.0436 e. The second kappa shape index (κ2) is 5.43. The van der Waals surface area contributed by atoms with E-state index in [0.717, 1.165) is 12.8 Å². The highest BCUT2D eigenvalue weighted by Crippen LogP contribution is 1.77. The third-order valence-corrected chi connectivity index (χ3v) is 0.619. The lowest BCUT2D eigenvalue weighted by Gasteiger charge is -1.82. The van der Waals surface area contributed by atoms with Crippen molar-refractivity contribution in [2.75, 3.05) is 6.54 Å². The van der Waals surface area contributed by atoms with Crippen LogP contribution in [-0.4, -0.2) is 18.0 Å². The minimum Gasteiger partial charge on any atom is -0.411 e. The first-order valence-corrected chi connectivity index (χ1v) is 2.27. The van der Waals surface area contributed by atoms with Gasteiger partial charge in [-0.25, -0.2) is 0 Å². The van der Waals surface area contributed by atoms with Gasteiger partial charge in [0.05, 0.1) is 0 Å².